The summed E-state index contributed by atoms with van der Waals surface area (Å²) in [4.78, 5) is 16.5. The lowest BCUT2D eigenvalue weighted by molar-refractivity contribution is 0.152. The number of nitrogens with one attached hydrogen (secondary N) is 1. The first kappa shape index (κ1) is 15.3. The van der Waals surface area contributed by atoms with Crippen LogP contribution in [0.4, 0.5) is 4.79 Å². The molecule has 0 bridgehead atoms. The summed E-state index contributed by atoms with van der Waals surface area (Å²) in [6, 6.07) is 6.14. The number of fused-ring (bicyclic) bond motifs is 1. The van der Waals surface area contributed by atoms with Crippen molar-refractivity contribution in [3.8, 4) is 0 Å². The summed E-state index contributed by atoms with van der Waals surface area (Å²) < 4.78 is 7.51. The van der Waals surface area contributed by atoms with Gasteiger partial charge in [-0.2, -0.15) is 5.10 Å². The first-order valence-electron chi connectivity index (χ1n) is 8.59. The molecule has 0 aromatic carbocycles. The third kappa shape index (κ3) is 3.17. The summed E-state index contributed by atoms with van der Waals surface area (Å²) in [7, 11) is 0. The molecule has 2 amide bonds. The van der Waals surface area contributed by atoms with Gasteiger partial charge in [0.15, 0.2) is 0 Å². The standard InChI is InChI=1S/C17H23N5O2/c23-17(21-7-1-2-8-21)18-10-15-12-20(13-16-4-3-9-24-16)11-14-5-6-19-22(14)15/h3-6,9,15H,1-2,7-8,10-13H2,(H,18,23)/t15-/m1/s1. The van der Waals surface area contributed by atoms with Gasteiger partial charge in [0.1, 0.15) is 5.76 Å². The predicted molar refractivity (Wildman–Crippen MR) is 88.3 cm³/mol. The van der Waals surface area contributed by atoms with Crippen LogP contribution in [0.3, 0.4) is 0 Å². The zero-order valence-electron chi connectivity index (χ0n) is 13.7. The minimum Gasteiger partial charge on any atom is -0.468 e. The van der Waals surface area contributed by atoms with Crippen LogP contribution in [0.1, 0.15) is 30.3 Å². The molecule has 0 radical (unpaired) electrons. The summed E-state index contributed by atoms with van der Waals surface area (Å²) in [5.74, 6) is 0.961. The van der Waals surface area contributed by atoms with E-state index in [0.717, 1.165) is 51.3 Å². The minimum absolute atomic E-state index is 0.0457. The molecule has 0 unspecified atom stereocenters. The van der Waals surface area contributed by atoms with E-state index in [9.17, 15) is 4.79 Å². The Morgan fingerprint density at radius 2 is 2.21 bits per heavy atom. The highest BCUT2D eigenvalue weighted by molar-refractivity contribution is 5.74. The van der Waals surface area contributed by atoms with Gasteiger partial charge in [-0.3, -0.25) is 9.58 Å². The van der Waals surface area contributed by atoms with E-state index >= 15 is 0 Å². The number of likely N-dealkylation sites (tertiary alicyclic amines) is 1. The van der Waals surface area contributed by atoms with Crippen molar-refractivity contribution in [2.45, 2.75) is 32.0 Å². The van der Waals surface area contributed by atoms with Crippen molar-refractivity contribution in [2.75, 3.05) is 26.2 Å². The lowest BCUT2D eigenvalue weighted by Crippen LogP contribution is -2.45. The van der Waals surface area contributed by atoms with Crippen LogP contribution in [0.15, 0.2) is 35.1 Å². The van der Waals surface area contributed by atoms with Crippen LogP contribution in [-0.2, 0) is 13.1 Å². The largest absolute Gasteiger partial charge is 0.468 e. The molecule has 1 N–H and O–H groups in total. The lowest BCUT2D eigenvalue weighted by atomic mass is 10.2. The van der Waals surface area contributed by atoms with E-state index in [1.54, 1.807) is 6.26 Å². The SMILES string of the molecule is O=C(NC[C@@H]1CN(Cc2ccco2)Cc2ccnn21)N1CCCC1. The number of carbonyl (C=O) groups excluding carboxylic acids is 1. The molecular formula is C17H23N5O2. The van der Waals surface area contributed by atoms with E-state index in [1.807, 2.05) is 34.0 Å². The molecule has 24 heavy (non-hydrogen) atoms. The average molecular weight is 329 g/mol. The van der Waals surface area contributed by atoms with Crippen molar-refractivity contribution in [2.24, 2.45) is 0 Å². The van der Waals surface area contributed by atoms with Gasteiger partial charge in [-0.25, -0.2) is 4.79 Å². The van der Waals surface area contributed by atoms with Gasteiger partial charge in [0.25, 0.3) is 0 Å². The fraction of sp³-hybridized carbons (Fsp3) is 0.529. The van der Waals surface area contributed by atoms with Gasteiger partial charge in [0.2, 0.25) is 0 Å². The average Bonchev–Trinajstić information content (AvgIpc) is 3.32. The van der Waals surface area contributed by atoms with Crippen LogP contribution in [0.5, 0.6) is 0 Å². The van der Waals surface area contributed by atoms with Crippen LogP contribution < -0.4 is 5.32 Å². The van der Waals surface area contributed by atoms with Crippen LogP contribution in [0, 0.1) is 0 Å². The number of furan rings is 1. The van der Waals surface area contributed by atoms with E-state index in [1.165, 1.54) is 5.69 Å². The number of hydrogen-bond donors (Lipinski definition) is 1. The second-order valence-corrected chi connectivity index (χ2v) is 6.55. The summed E-state index contributed by atoms with van der Waals surface area (Å²) in [6.07, 6.45) is 5.76. The number of carbonyl (C=O) groups is 1. The Balaban J connectivity index is 1.40. The van der Waals surface area contributed by atoms with Gasteiger partial charge in [0.05, 0.1) is 24.5 Å². The van der Waals surface area contributed by atoms with Gasteiger partial charge in [-0.05, 0) is 31.0 Å². The molecule has 2 aliphatic rings. The molecule has 4 heterocycles. The van der Waals surface area contributed by atoms with Crippen LogP contribution >= 0.6 is 0 Å². The number of rotatable bonds is 4. The monoisotopic (exact) mass is 329 g/mol. The zero-order chi connectivity index (χ0) is 16.4. The molecule has 1 atom stereocenters. The molecule has 0 saturated carbocycles. The van der Waals surface area contributed by atoms with Gasteiger partial charge in [0, 0.05) is 38.9 Å². The van der Waals surface area contributed by atoms with Gasteiger partial charge in [-0.1, -0.05) is 0 Å². The molecular weight excluding hydrogens is 306 g/mol. The van der Waals surface area contributed by atoms with E-state index in [4.69, 9.17) is 4.42 Å². The quantitative estimate of drug-likeness (QED) is 0.929. The van der Waals surface area contributed by atoms with Crippen molar-refractivity contribution < 1.29 is 9.21 Å². The molecule has 2 aliphatic heterocycles. The van der Waals surface area contributed by atoms with Gasteiger partial charge in [-0.15, -0.1) is 0 Å². The molecule has 7 nitrogen and oxygen atoms in total. The van der Waals surface area contributed by atoms with E-state index < -0.39 is 0 Å². The number of amides is 2. The van der Waals surface area contributed by atoms with Gasteiger partial charge >= 0.3 is 6.03 Å². The molecule has 128 valence electrons. The Kier molecular flexibility index (Phi) is 4.25. The summed E-state index contributed by atoms with van der Waals surface area (Å²) in [5, 5.41) is 7.53. The first-order chi connectivity index (χ1) is 11.8. The van der Waals surface area contributed by atoms with Gasteiger partial charge < -0.3 is 14.6 Å². The number of aromatic nitrogens is 2. The van der Waals surface area contributed by atoms with Crippen LogP contribution in [0.2, 0.25) is 0 Å². The number of hydrogen-bond acceptors (Lipinski definition) is 4. The van der Waals surface area contributed by atoms with E-state index in [0.29, 0.717) is 6.54 Å². The predicted octanol–water partition coefficient (Wildman–Crippen LogP) is 1.84. The molecule has 4 rings (SSSR count). The molecule has 1 fully saturated rings. The van der Waals surface area contributed by atoms with Crippen LogP contribution in [0.25, 0.3) is 0 Å². The summed E-state index contributed by atoms with van der Waals surface area (Å²) in [6.45, 7) is 4.79. The number of urea groups is 1. The minimum atomic E-state index is 0.0457. The van der Waals surface area contributed by atoms with Crippen molar-refractivity contribution >= 4 is 6.03 Å². The first-order valence-corrected chi connectivity index (χ1v) is 8.59. The van der Waals surface area contributed by atoms with E-state index in [-0.39, 0.29) is 12.1 Å². The molecule has 1 saturated heterocycles. The Hall–Kier alpha value is -2.28. The topological polar surface area (TPSA) is 66.5 Å². The molecule has 7 heteroatoms. The maximum Gasteiger partial charge on any atom is 0.317 e. The van der Waals surface area contributed by atoms with Crippen molar-refractivity contribution in [1.82, 2.24) is 24.9 Å². The molecule has 2 aromatic rings. The second kappa shape index (κ2) is 6.68. The Bertz CT molecular complexity index is 675. The fourth-order valence-electron chi connectivity index (χ4n) is 3.60. The maximum atomic E-state index is 12.2. The summed E-state index contributed by atoms with van der Waals surface area (Å²) in [5.41, 5.74) is 1.17. The Morgan fingerprint density at radius 3 is 3.00 bits per heavy atom. The highest BCUT2D eigenvalue weighted by atomic mass is 16.3. The third-order valence-electron chi connectivity index (χ3n) is 4.79. The molecule has 2 aromatic heterocycles. The summed E-state index contributed by atoms with van der Waals surface area (Å²) >= 11 is 0. The highest BCUT2D eigenvalue weighted by Gasteiger charge is 2.27. The number of nitrogens with zero attached hydrogens (tertiary/aromatic N) is 4. The third-order valence-corrected chi connectivity index (χ3v) is 4.79. The second-order valence-electron chi connectivity index (χ2n) is 6.55. The zero-order valence-corrected chi connectivity index (χ0v) is 13.7. The van der Waals surface area contributed by atoms with Crippen molar-refractivity contribution in [3.05, 3.63) is 42.1 Å². The van der Waals surface area contributed by atoms with Crippen LogP contribution in [-0.4, -0.2) is 51.8 Å². The smallest absolute Gasteiger partial charge is 0.317 e. The Morgan fingerprint density at radius 1 is 1.33 bits per heavy atom. The van der Waals surface area contributed by atoms with Crippen molar-refractivity contribution in [3.63, 3.8) is 0 Å². The lowest BCUT2D eigenvalue weighted by Gasteiger charge is -2.33. The Labute approximate surface area is 141 Å². The maximum absolute atomic E-state index is 12.2. The normalized spacial score (nSPS) is 21.0. The molecule has 0 aliphatic carbocycles. The highest BCUT2D eigenvalue weighted by Crippen LogP contribution is 2.22. The van der Waals surface area contributed by atoms with E-state index in [2.05, 4.69) is 15.3 Å². The van der Waals surface area contributed by atoms with Crippen molar-refractivity contribution in [1.29, 1.82) is 0 Å². The molecule has 0 spiro atoms. The fourth-order valence-corrected chi connectivity index (χ4v) is 3.60.